The van der Waals surface area contributed by atoms with Crippen molar-refractivity contribution in [1.29, 1.82) is 0 Å². The van der Waals surface area contributed by atoms with Gasteiger partial charge >= 0.3 is 0 Å². The second kappa shape index (κ2) is 9.99. The summed E-state index contributed by atoms with van der Waals surface area (Å²) in [7, 11) is 2.23. The van der Waals surface area contributed by atoms with Crippen LogP contribution in [-0.4, -0.2) is 45.9 Å². The summed E-state index contributed by atoms with van der Waals surface area (Å²) < 4.78 is 1.88. The molecule has 0 bridgehead atoms. The minimum atomic E-state index is 0.652. The van der Waals surface area contributed by atoms with Gasteiger partial charge in [-0.25, -0.2) is 9.50 Å². The third-order valence-corrected chi connectivity index (χ3v) is 9.39. The molecule has 0 saturated heterocycles. The highest BCUT2D eigenvalue weighted by molar-refractivity contribution is 7.17. The topological polar surface area (TPSA) is 50.5 Å². The molecule has 190 valence electrons. The number of thiophene rings is 1. The van der Waals surface area contributed by atoms with Gasteiger partial charge in [0.2, 0.25) is 0 Å². The van der Waals surface area contributed by atoms with Gasteiger partial charge in [-0.1, -0.05) is 44.0 Å². The fraction of sp³-hybridized carbons (Fsp3) is 0.387. The van der Waals surface area contributed by atoms with Gasteiger partial charge in [-0.05, 0) is 79.5 Å². The molecule has 1 fully saturated rings. The minimum absolute atomic E-state index is 0.652. The third kappa shape index (κ3) is 4.69. The highest BCUT2D eigenvalue weighted by Gasteiger charge is 2.29. The fourth-order valence-corrected chi connectivity index (χ4v) is 7.06. The van der Waals surface area contributed by atoms with Crippen LogP contribution in [0.3, 0.4) is 0 Å². The summed E-state index contributed by atoms with van der Waals surface area (Å²) in [6.07, 6.45) is 9.09. The first-order valence-electron chi connectivity index (χ1n) is 13.4. The number of hydrogen-bond donors (Lipinski definition) is 0. The molecule has 0 atom stereocenters. The second-order valence-corrected chi connectivity index (χ2v) is 12.0. The zero-order valence-electron chi connectivity index (χ0n) is 21.9. The molecule has 2 aliphatic rings. The summed E-state index contributed by atoms with van der Waals surface area (Å²) in [6.45, 7) is 6.49. The number of hydrogen-bond acceptors (Lipinski definition) is 5. The van der Waals surface area contributed by atoms with E-state index in [1.165, 1.54) is 36.8 Å². The van der Waals surface area contributed by atoms with Gasteiger partial charge in [0.05, 0.1) is 10.6 Å². The van der Waals surface area contributed by atoms with E-state index in [1.807, 2.05) is 29.8 Å². The van der Waals surface area contributed by atoms with Gasteiger partial charge in [0.15, 0.2) is 11.9 Å². The third-order valence-electron chi connectivity index (χ3n) is 8.29. The number of carbonyl (C=O) groups is 1. The molecule has 1 aromatic carbocycles. The SMILES string of the molecule is Cc1ccnc2cc(-c3ccc(-c4cc(C5=C(C6CCC(C)CC6)CN(C)CC5)c(C=O)s4)cc3)nn12. The van der Waals surface area contributed by atoms with E-state index in [0.29, 0.717) is 5.92 Å². The normalized spacial score (nSPS) is 21.1. The maximum atomic E-state index is 12.2. The molecule has 0 N–H and O–H groups in total. The van der Waals surface area contributed by atoms with Gasteiger partial charge in [0.25, 0.3) is 0 Å². The lowest BCUT2D eigenvalue weighted by Gasteiger charge is -2.35. The van der Waals surface area contributed by atoms with Crippen LogP contribution in [0.15, 0.2) is 54.2 Å². The molecule has 3 aromatic heterocycles. The molecule has 0 amide bonds. The van der Waals surface area contributed by atoms with E-state index in [4.69, 9.17) is 5.10 Å². The predicted octanol–water partition coefficient (Wildman–Crippen LogP) is 7.16. The van der Waals surface area contributed by atoms with Crippen LogP contribution in [-0.2, 0) is 0 Å². The Hall–Kier alpha value is -3.09. The predicted molar refractivity (Wildman–Crippen MR) is 152 cm³/mol. The summed E-state index contributed by atoms with van der Waals surface area (Å²) in [5, 5.41) is 4.74. The number of rotatable bonds is 5. The Balaban J connectivity index is 1.33. The van der Waals surface area contributed by atoms with Crippen LogP contribution in [0, 0.1) is 18.8 Å². The van der Waals surface area contributed by atoms with Crippen LogP contribution < -0.4 is 0 Å². The van der Waals surface area contributed by atoms with Crippen molar-refractivity contribution in [1.82, 2.24) is 19.5 Å². The number of fused-ring (bicyclic) bond motifs is 1. The molecule has 1 aliphatic heterocycles. The van der Waals surface area contributed by atoms with Gasteiger partial charge < -0.3 is 4.90 Å². The van der Waals surface area contributed by atoms with Crippen LogP contribution in [0.5, 0.6) is 0 Å². The second-order valence-electron chi connectivity index (χ2n) is 10.9. The van der Waals surface area contributed by atoms with Crippen molar-refractivity contribution in [2.45, 2.75) is 46.0 Å². The lowest BCUT2D eigenvalue weighted by molar-refractivity contribution is 0.112. The van der Waals surface area contributed by atoms with E-state index in [9.17, 15) is 4.79 Å². The number of benzene rings is 1. The zero-order valence-corrected chi connectivity index (χ0v) is 22.7. The van der Waals surface area contributed by atoms with Gasteiger partial charge in [-0.15, -0.1) is 11.3 Å². The summed E-state index contributed by atoms with van der Waals surface area (Å²) in [4.78, 5) is 21.1. The zero-order chi connectivity index (χ0) is 25.5. The van der Waals surface area contributed by atoms with E-state index in [-0.39, 0.29) is 0 Å². The minimum Gasteiger partial charge on any atom is -0.302 e. The fourth-order valence-electron chi connectivity index (χ4n) is 6.05. The smallest absolute Gasteiger partial charge is 0.160 e. The maximum absolute atomic E-state index is 12.2. The van der Waals surface area contributed by atoms with Gasteiger partial charge in [-0.2, -0.15) is 5.10 Å². The number of carbonyl (C=O) groups excluding carboxylic acids is 1. The molecule has 0 spiro atoms. The number of aromatic nitrogens is 3. The Labute approximate surface area is 222 Å². The van der Waals surface area contributed by atoms with E-state index in [0.717, 1.165) is 69.6 Å². The van der Waals surface area contributed by atoms with Gasteiger partial charge in [-0.3, -0.25) is 4.79 Å². The standard InChI is InChI=1S/C31H34N4OS/c1-20-4-6-22(7-5-20)27-18-34(3)15-13-25(27)26-16-29(37-30(26)19-36)24-10-8-23(9-11-24)28-17-31-32-14-12-21(2)35(31)33-28/h8-12,14,16-17,19-20,22H,4-7,13,15,18H2,1-3H3. The molecular formula is C31H34N4OS. The molecule has 0 radical (unpaired) electrons. The molecule has 6 heteroatoms. The van der Waals surface area contributed by atoms with Crippen molar-refractivity contribution in [3.8, 4) is 21.7 Å². The highest BCUT2D eigenvalue weighted by atomic mass is 32.1. The average Bonchev–Trinajstić information content (AvgIpc) is 3.55. The summed E-state index contributed by atoms with van der Waals surface area (Å²) in [5.74, 6) is 1.49. The average molecular weight is 511 g/mol. The quantitative estimate of drug-likeness (QED) is 0.267. The molecule has 1 saturated carbocycles. The van der Waals surface area contributed by atoms with Crippen LogP contribution in [0.1, 0.15) is 60.0 Å². The van der Waals surface area contributed by atoms with E-state index in [1.54, 1.807) is 16.9 Å². The van der Waals surface area contributed by atoms with E-state index < -0.39 is 0 Å². The largest absolute Gasteiger partial charge is 0.302 e. The molecule has 37 heavy (non-hydrogen) atoms. The summed E-state index contributed by atoms with van der Waals surface area (Å²) in [6, 6.07) is 14.8. The highest BCUT2D eigenvalue weighted by Crippen LogP contribution is 2.43. The van der Waals surface area contributed by atoms with Gasteiger partial charge in [0.1, 0.15) is 0 Å². The lowest BCUT2D eigenvalue weighted by Crippen LogP contribution is -2.31. The van der Waals surface area contributed by atoms with Gasteiger partial charge in [0, 0.05) is 41.5 Å². The molecule has 5 nitrogen and oxygen atoms in total. The molecule has 0 unspecified atom stereocenters. The number of aldehydes is 1. The van der Waals surface area contributed by atoms with E-state index in [2.05, 4.69) is 54.2 Å². The Bertz CT molecular complexity index is 1470. The molecular weight excluding hydrogens is 476 g/mol. The Kier molecular flexibility index (Phi) is 6.55. The van der Waals surface area contributed by atoms with Crippen LogP contribution in [0.4, 0.5) is 0 Å². The van der Waals surface area contributed by atoms with Crippen LogP contribution >= 0.6 is 11.3 Å². The summed E-state index contributed by atoms with van der Waals surface area (Å²) >= 11 is 1.62. The van der Waals surface area contributed by atoms with Crippen molar-refractivity contribution < 1.29 is 4.79 Å². The van der Waals surface area contributed by atoms with E-state index >= 15 is 0 Å². The van der Waals surface area contributed by atoms with Crippen molar-refractivity contribution in [3.05, 3.63) is 70.4 Å². The first-order chi connectivity index (χ1) is 18.0. The van der Waals surface area contributed by atoms with Crippen molar-refractivity contribution >= 4 is 28.8 Å². The van der Waals surface area contributed by atoms with Crippen molar-refractivity contribution in [3.63, 3.8) is 0 Å². The van der Waals surface area contributed by atoms with Crippen LogP contribution in [0.25, 0.3) is 32.9 Å². The van der Waals surface area contributed by atoms with Crippen molar-refractivity contribution in [2.75, 3.05) is 20.1 Å². The Morgan fingerprint density at radius 3 is 2.51 bits per heavy atom. The maximum Gasteiger partial charge on any atom is 0.160 e. The Morgan fingerprint density at radius 1 is 1.03 bits per heavy atom. The molecule has 6 rings (SSSR count). The first kappa shape index (κ1) is 24.3. The van der Waals surface area contributed by atoms with Crippen LogP contribution in [0.2, 0.25) is 0 Å². The molecule has 4 aromatic rings. The van der Waals surface area contributed by atoms with Crippen molar-refractivity contribution in [2.24, 2.45) is 11.8 Å². The lowest BCUT2D eigenvalue weighted by atomic mass is 9.75. The monoisotopic (exact) mass is 510 g/mol. The first-order valence-corrected chi connectivity index (χ1v) is 14.2. The number of nitrogens with zero attached hydrogens (tertiary/aromatic N) is 4. The molecule has 1 aliphatic carbocycles. The summed E-state index contributed by atoms with van der Waals surface area (Å²) in [5.41, 5.74) is 9.22. The molecule has 4 heterocycles. The number of likely N-dealkylation sites (N-methyl/N-ethyl adjacent to an activating group) is 1. The number of aryl methyl sites for hydroxylation is 1. The Morgan fingerprint density at radius 2 is 1.78 bits per heavy atom.